The Morgan fingerprint density at radius 2 is 2.05 bits per heavy atom. The van der Waals surface area contributed by atoms with Gasteiger partial charge in [0, 0.05) is 26.2 Å². The molecule has 2 N–H and O–H groups in total. The van der Waals surface area contributed by atoms with Gasteiger partial charge in [0.1, 0.15) is 5.76 Å². The summed E-state index contributed by atoms with van der Waals surface area (Å²) in [7, 11) is 0. The van der Waals surface area contributed by atoms with Crippen LogP contribution >= 0.6 is 0 Å². The third-order valence-corrected chi connectivity index (χ3v) is 3.94. The molecule has 0 fully saturated rings. The number of nitrogens with one attached hydrogen (secondary N) is 1. The molecule has 0 bridgehead atoms. The average Bonchev–Trinajstić information content (AvgIpc) is 3.00. The Balaban J connectivity index is 1.42. The molecule has 0 amide bonds. The topological polar surface area (TPSA) is 48.6 Å². The third kappa shape index (κ3) is 3.94. The van der Waals surface area contributed by atoms with Crippen LogP contribution in [0.3, 0.4) is 0 Å². The lowest BCUT2D eigenvalue weighted by Crippen LogP contribution is -2.40. The minimum absolute atomic E-state index is 0.356. The van der Waals surface area contributed by atoms with Crippen molar-refractivity contribution in [2.75, 3.05) is 19.6 Å². The maximum absolute atomic E-state index is 10.1. The summed E-state index contributed by atoms with van der Waals surface area (Å²) < 4.78 is 5.25. The highest BCUT2D eigenvalue weighted by molar-refractivity contribution is 5.29. The zero-order valence-corrected chi connectivity index (χ0v) is 12.2. The molecule has 4 heteroatoms. The Morgan fingerprint density at radius 3 is 2.86 bits per heavy atom. The molecule has 2 aromatic rings. The van der Waals surface area contributed by atoms with Gasteiger partial charge in [-0.2, -0.15) is 0 Å². The van der Waals surface area contributed by atoms with Crippen LogP contribution in [0.5, 0.6) is 0 Å². The lowest BCUT2D eigenvalue weighted by atomic mass is 10.00. The summed E-state index contributed by atoms with van der Waals surface area (Å²) in [4.78, 5) is 2.32. The maximum atomic E-state index is 10.1. The second-order valence-corrected chi connectivity index (χ2v) is 5.62. The highest BCUT2D eigenvalue weighted by Gasteiger charge is 2.18. The number of nitrogens with zero attached hydrogens (tertiary/aromatic N) is 1. The van der Waals surface area contributed by atoms with Gasteiger partial charge in [-0.15, -0.1) is 0 Å². The van der Waals surface area contributed by atoms with E-state index in [0.717, 1.165) is 25.3 Å². The van der Waals surface area contributed by atoms with Gasteiger partial charge in [-0.25, -0.2) is 0 Å². The molecule has 1 aromatic carbocycles. The molecule has 2 heterocycles. The predicted octanol–water partition coefficient (Wildman–Crippen LogP) is 1.79. The molecule has 0 saturated carbocycles. The molecule has 112 valence electrons. The Labute approximate surface area is 125 Å². The van der Waals surface area contributed by atoms with Crippen molar-refractivity contribution >= 4 is 0 Å². The van der Waals surface area contributed by atoms with Gasteiger partial charge in [-0.3, -0.25) is 4.90 Å². The molecule has 0 radical (unpaired) electrons. The van der Waals surface area contributed by atoms with Crippen molar-refractivity contribution in [1.29, 1.82) is 0 Å². The molecule has 0 saturated heterocycles. The molecule has 1 atom stereocenters. The molecular formula is C17H22N2O2. The maximum Gasteiger partial charge on any atom is 0.117 e. The normalized spacial score (nSPS) is 16.6. The number of β-amino-alcohol motifs (C(OH)–C–C–N with tert-alkyl or cyclic N) is 1. The number of furan rings is 1. The van der Waals surface area contributed by atoms with E-state index in [1.54, 1.807) is 6.26 Å². The molecule has 3 rings (SSSR count). The quantitative estimate of drug-likeness (QED) is 0.850. The highest BCUT2D eigenvalue weighted by atomic mass is 16.3. The summed E-state index contributed by atoms with van der Waals surface area (Å²) in [6.07, 6.45) is 2.38. The van der Waals surface area contributed by atoms with Crippen LogP contribution in [0.4, 0.5) is 0 Å². The Kier molecular flexibility index (Phi) is 4.70. The van der Waals surface area contributed by atoms with E-state index >= 15 is 0 Å². The smallest absolute Gasteiger partial charge is 0.117 e. The molecule has 0 spiro atoms. The van der Waals surface area contributed by atoms with Gasteiger partial charge in [0.05, 0.1) is 18.9 Å². The van der Waals surface area contributed by atoms with Crippen LogP contribution in [0, 0.1) is 0 Å². The second kappa shape index (κ2) is 6.89. The monoisotopic (exact) mass is 286 g/mol. The van der Waals surface area contributed by atoms with Gasteiger partial charge in [-0.05, 0) is 29.7 Å². The lowest BCUT2D eigenvalue weighted by molar-refractivity contribution is 0.104. The number of benzene rings is 1. The summed E-state index contributed by atoms with van der Waals surface area (Å²) in [6.45, 7) is 3.91. The Bertz CT molecular complexity index is 554. The molecular weight excluding hydrogens is 264 g/mol. The molecule has 4 nitrogen and oxygen atoms in total. The first-order valence-corrected chi connectivity index (χ1v) is 7.51. The minimum atomic E-state index is -0.356. The first kappa shape index (κ1) is 14.3. The fraction of sp³-hybridized carbons (Fsp3) is 0.412. The van der Waals surface area contributed by atoms with Crippen LogP contribution in [0.25, 0.3) is 0 Å². The van der Waals surface area contributed by atoms with Gasteiger partial charge in [-0.1, -0.05) is 24.3 Å². The number of aliphatic hydroxyl groups excluding tert-OH is 1. The summed E-state index contributed by atoms with van der Waals surface area (Å²) in [5, 5.41) is 13.4. The second-order valence-electron chi connectivity index (χ2n) is 5.62. The van der Waals surface area contributed by atoms with E-state index in [9.17, 15) is 5.11 Å². The molecule has 1 aromatic heterocycles. The number of fused-ring (bicyclic) bond motifs is 1. The van der Waals surface area contributed by atoms with Crippen molar-refractivity contribution in [3.05, 3.63) is 59.5 Å². The van der Waals surface area contributed by atoms with E-state index in [0.29, 0.717) is 19.6 Å². The van der Waals surface area contributed by atoms with Crippen molar-refractivity contribution in [3.63, 3.8) is 0 Å². The van der Waals surface area contributed by atoms with Crippen LogP contribution in [0.15, 0.2) is 47.1 Å². The van der Waals surface area contributed by atoms with Crippen molar-refractivity contribution in [2.24, 2.45) is 0 Å². The predicted molar refractivity (Wildman–Crippen MR) is 81.8 cm³/mol. The van der Waals surface area contributed by atoms with Gasteiger partial charge in [0.25, 0.3) is 0 Å². The first-order valence-electron chi connectivity index (χ1n) is 7.51. The van der Waals surface area contributed by atoms with Gasteiger partial charge in [0.15, 0.2) is 0 Å². The van der Waals surface area contributed by atoms with E-state index in [2.05, 4.69) is 34.5 Å². The zero-order valence-electron chi connectivity index (χ0n) is 12.2. The lowest BCUT2D eigenvalue weighted by Gasteiger charge is -2.30. The highest BCUT2D eigenvalue weighted by Crippen LogP contribution is 2.18. The zero-order chi connectivity index (χ0) is 14.5. The van der Waals surface area contributed by atoms with Gasteiger partial charge < -0.3 is 14.8 Å². The van der Waals surface area contributed by atoms with Gasteiger partial charge >= 0.3 is 0 Å². The number of hydrogen-bond donors (Lipinski definition) is 2. The van der Waals surface area contributed by atoms with E-state index in [-0.39, 0.29) is 6.10 Å². The molecule has 1 aliphatic rings. The average molecular weight is 286 g/mol. The SMILES string of the molecule is OC(CNCc1ccco1)CN1CCc2ccccc2C1. The van der Waals surface area contributed by atoms with E-state index < -0.39 is 0 Å². The summed E-state index contributed by atoms with van der Waals surface area (Å²) in [6, 6.07) is 12.4. The standard InChI is InChI=1S/C17H22N2O2/c20-16(10-18-11-17-6-3-9-21-17)13-19-8-7-14-4-1-2-5-15(14)12-19/h1-6,9,16,18,20H,7-8,10-13H2. The van der Waals surface area contributed by atoms with E-state index in [4.69, 9.17) is 4.42 Å². The van der Waals surface area contributed by atoms with Crippen LogP contribution < -0.4 is 5.32 Å². The Morgan fingerprint density at radius 1 is 1.19 bits per heavy atom. The third-order valence-electron chi connectivity index (χ3n) is 3.94. The van der Waals surface area contributed by atoms with Crippen LogP contribution in [-0.2, 0) is 19.5 Å². The fourth-order valence-electron chi connectivity index (χ4n) is 2.85. The van der Waals surface area contributed by atoms with Crippen molar-refractivity contribution in [3.8, 4) is 0 Å². The van der Waals surface area contributed by atoms with Crippen LogP contribution in [0.2, 0.25) is 0 Å². The first-order chi connectivity index (χ1) is 10.3. The summed E-state index contributed by atoms with van der Waals surface area (Å²) >= 11 is 0. The number of rotatable bonds is 6. The molecule has 21 heavy (non-hydrogen) atoms. The van der Waals surface area contributed by atoms with Crippen LogP contribution in [0.1, 0.15) is 16.9 Å². The van der Waals surface area contributed by atoms with Crippen molar-refractivity contribution in [1.82, 2.24) is 10.2 Å². The fourth-order valence-corrected chi connectivity index (χ4v) is 2.85. The Hall–Kier alpha value is -1.62. The molecule has 0 aliphatic carbocycles. The van der Waals surface area contributed by atoms with E-state index in [1.807, 2.05) is 12.1 Å². The molecule has 1 unspecified atom stereocenters. The largest absolute Gasteiger partial charge is 0.468 e. The summed E-state index contributed by atoms with van der Waals surface area (Å²) in [5.41, 5.74) is 2.83. The molecule has 1 aliphatic heterocycles. The number of aliphatic hydroxyl groups is 1. The van der Waals surface area contributed by atoms with Crippen molar-refractivity contribution in [2.45, 2.75) is 25.6 Å². The number of hydrogen-bond acceptors (Lipinski definition) is 4. The van der Waals surface area contributed by atoms with E-state index in [1.165, 1.54) is 11.1 Å². The van der Waals surface area contributed by atoms with Crippen LogP contribution in [-0.4, -0.2) is 35.7 Å². The summed E-state index contributed by atoms with van der Waals surface area (Å²) in [5.74, 6) is 0.897. The van der Waals surface area contributed by atoms with Crippen molar-refractivity contribution < 1.29 is 9.52 Å². The van der Waals surface area contributed by atoms with Gasteiger partial charge in [0.2, 0.25) is 0 Å². The minimum Gasteiger partial charge on any atom is -0.468 e.